The van der Waals surface area contributed by atoms with Crippen molar-refractivity contribution < 1.29 is 9.59 Å². The summed E-state index contributed by atoms with van der Waals surface area (Å²) in [5, 5.41) is 0. The fraction of sp³-hybridized carbons (Fsp3) is 0.857. The highest BCUT2D eigenvalue weighted by Gasteiger charge is 2.55. The molecule has 0 spiro atoms. The molecular formula is C14H18N2O2. The van der Waals surface area contributed by atoms with Crippen LogP contribution in [0, 0.1) is 35.5 Å². The minimum atomic E-state index is 0.583. The van der Waals surface area contributed by atoms with Gasteiger partial charge in [-0.2, -0.15) is 0 Å². The monoisotopic (exact) mass is 246 g/mol. The van der Waals surface area contributed by atoms with Crippen molar-refractivity contribution >= 4 is 12.2 Å². The van der Waals surface area contributed by atoms with Gasteiger partial charge in [-0.15, -0.1) is 0 Å². The van der Waals surface area contributed by atoms with E-state index in [1.807, 2.05) is 0 Å². The van der Waals surface area contributed by atoms with Crippen LogP contribution in [-0.2, 0) is 9.59 Å². The number of rotatable bonds is 4. The van der Waals surface area contributed by atoms with Crippen LogP contribution in [0.1, 0.15) is 25.7 Å². The van der Waals surface area contributed by atoms with Gasteiger partial charge in [0.15, 0.2) is 0 Å². The molecule has 0 N–H and O–H groups in total. The van der Waals surface area contributed by atoms with Crippen molar-refractivity contribution in [3.63, 3.8) is 0 Å². The molecule has 18 heavy (non-hydrogen) atoms. The van der Waals surface area contributed by atoms with Crippen molar-refractivity contribution in [1.29, 1.82) is 0 Å². The van der Waals surface area contributed by atoms with Crippen LogP contribution < -0.4 is 0 Å². The zero-order valence-corrected chi connectivity index (χ0v) is 10.4. The molecule has 0 amide bonds. The molecule has 0 heterocycles. The zero-order chi connectivity index (χ0) is 12.5. The third-order valence-electron chi connectivity index (χ3n) is 5.51. The first-order valence-electron chi connectivity index (χ1n) is 6.90. The maximum Gasteiger partial charge on any atom is 0.234 e. The van der Waals surface area contributed by atoms with Gasteiger partial charge in [-0.25, -0.2) is 19.6 Å². The lowest BCUT2D eigenvalue weighted by atomic mass is 9.76. The Morgan fingerprint density at radius 3 is 2.33 bits per heavy atom. The highest BCUT2D eigenvalue weighted by atomic mass is 16.1. The molecule has 3 fully saturated rings. The van der Waals surface area contributed by atoms with E-state index < -0.39 is 0 Å². The highest BCUT2D eigenvalue weighted by Crippen LogP contribution is 2.62. The minimum Gasteiger partial charge on any atom is -0.211 e. The molecule has 96 valence electrons. The normalized spacial score (nSPS) is 44.2. The number of hydrogen-bond donors (Lipinski definition) is 0. The van der Waals surface area contributed by atoms with E-state index in [-0.39, 0.29) is 0 Å². The lowest BCUT2D eigenvalue weighted by Gasteiger charge is -2.30. The Hall–Kier alpha value is -1.24. The third kappa shape index (κ3) is 1.86. The first-order valence-corrected chi connectivity index (χ1v) is 6.90. The van der Waals surface area contributed by atoms with Gasteiger partial charge in [-0.1, -0.05) is 0 Å². The molecule has 0 radical (unpaired) electrons. The summed E-state index contributed by atoms with van der Waals surface area (Å²) in [6.07, 6.45) is 8.33. The Morgan fingerprint density at radius 2 is 1.56 bits per heavy atom. The minimum absolute atomic E-state index is 0.583. The van der Waals surface area contributed by atoms with E-state index in [9.17, 15) is 9.59 Å². The van der Waals surface area contributed by atoms with Gasteiger partial charge in [0, 0.05) is 0 Å². The molecule has 0 saturated heterocycles. The molecule has 4 nitrogen and oxygen atoms in total. The first kappa shape index (κ1) is 11.8. The van der Waals surface area contributed by atoms with Crippen LogP contribution in [0.15, 0.2) is 9.98 Å². The summed E-state index contributed by atoms with van der Waals surface area (Å²) in [4.78, 5) is 27.9. The Bertz CT molecular complexity index is 424. The van der Waals surface area contributed by atoms with Crippen molar-refractivity contribution in [2.24, 2.45) is 45.5 Å². The quantitative estimate of drug-likeness (QED) is 0.562. The molecular weight excluding hydrogens is 228 g/mol. The Morgan fingerprint density at radius 1 is 0.833 bits per heavy atom. The van der Waals surface area contributed by atoms with Gasteiger partial charge in [0.25, 0.3) is 0 Å². The predicted molar refractivity (Wildman–Crippen MR) is 65.4 cm³/mol. The van der Waals surface area contributed by atoms with E-state index >= 15 is 0 Å². The molecule has 0 aromatic carbocycles. The topological polar surface area (TPSA) is 58.9 Å². The predicted octanol–water partition coefficient (Wildman–Crippen LogP) is 1.96. The largest absolute Gasteiger partial charge is 0.234 e. The molecule has 6 atom stereocenters. The van der Waals surface area contributed by atoms with Crippen LogP contribution in [0.25, 0.3) is 0 Å². The van der Waals surface area contributed by atoms with Crippen molar-refractivity contribution in [3.05, 3.63) is 0 Å². The molecule has 3 rings (SSSR count). The second-order valence-corrected chi connectivity index (χ2v) is 6.18. The molecule has 2 bridgehead atoms. The molecule has 4 heteroatoms. The standard InChI is InChI=1S/C14H18N2O2/c17-7-15-5-9-1-12-10-3-11(6-16-8-18)13(4-10)14(12)2-9/h9-14H,1-6H2. The van der Waals surface area contributed by atoms with Crippen LogP contribution in [0.4, 0.5) is 0 Å². The molecule has 6 unspecified atom stereocenters. The van der Waals surface area contributed by atoms with Crippen LogP contribution in [-0.4, -0.2) is 25.2 Å². The van der Waals surface area contributed by atoms with E-state index in [0.29, 0.717) is 24.9 Å². The van der Waals surface area contributed by atoms with Gasteiger partial charge >= 0.3 is 0 Å². The van der Waals surface area contributed by atoms with E-state index in [2.05, 4.69) is 9.98 Å². The Kier molecular flexibility index (Phi) is 3.15. The van der Waals surface area contributed by atoms with E-state index in [4.69, 9.17) is 0 Å². The molecule has 0 aromatic heterocycles. The molecule has 3 saturated carbocycles. The lowest BCUT2D eigenvalue weighted by Crippen LogP contribution is -2.25. The van der Waals surface area contributed by atoms with E-state index in [0.717, 1.165) is 23.7 Å². The van der Waals surface area contributed by atoms with E-state index in [1.54, 1.807) is 12.2 Å². The van der Waals surface area contributed by atoms with Crippen LogP contribution in [0.2, 0.25) is 0 Å². The number of carbonyl (C=O) groups excluding carboxylic acids is 2. The molecule has 3 aliphatic carbocycles. The maximum atomic E-state index is 10.2. The van der Waals surface area contributed by atoms with Gasteiger partial charge in [-0.3, -0.25) is 0 Å². The number of aliphatic imine (C=N–C) groups is 2. The summed E-state index contributed by atoms with van der Waals surface area (Å²) in [7, 11) is 0. The molecule has 3 aliphatic rings. The summed E-state index contributed by atoms with van der Waals surface area (Å²) in [5.41, 5.74) is 0. The van der Waals surface area contributed by atoms with E-state index in [1.165, 1.54) is 25.7 Å². The Balaban J connectivity index is 1.65. The average molecular weight is 246 g/mol. The average Bonchev–Trinajstić information content (AvgIpc) is 3.03. The number of fused-ring (bicyclic) bond motifs is 5. The van der Waals surface area contributed by atoms with Gasteiger partial charge in [0.1, 0.15) is 0 Å². The lowest BCUT2D eigenvalue weighted by molar-refractivity contribution is 0.194. The van der Waals surface area contributed by atoms with Crippen LogP contribution in [0.3, 0.4) is 0 Å². The highest BCUT2D eigenvalue weighted by molar-refractivity contribution is 5.33. The second-order valence-electron chi connectivity index (χ2n) is 6.18. The summed E-state index contributed by atoms with van der Waals surface area (Å²) >= 11 is 0. The van der Waals surface area contributed by atoms with Crippen LogP contribution >= 0.6 is 0 Å². The summed E-state index contributed by atoms with van der Waals surface area (Å²) < 4.78 is 0. The molecule has 0 aliphatic heterocycles. The fourth-order valence-electron chi connectivity index (χ4n) is 5.01. The Labute approximate surface area is 107 Å². The summed E-state index contributed by atoms with van der Waals surface area (Å²) in [6.45, 7) is 1.33. The number of hydrogen-bond acceptors (Lipinski definition) is 4. The van der Waals surface area contributed by atoms with Crippen molar-refractivity contribution in [1.82, 2.24) is 0 Å². The fourth-order valence-corrected chi connectivity index (χ4v) is 5.01. The van der Waals surface area contributed by atoms with Crippen molar-refractivity contribution in [3.8, 4) is 0 Å². The van der Waals surface area contributed by atoms with Gasteiger partial charge in [0.2, 0.25) is 12.2 Å². The number of nitrogens with zero attached hydrogens (tertiary/aromatic N) is 2. The zero-order valence-electron chi connectivity index (χ0n) is 10.4. The first-order chi connectivity index (χ1) is 8.83. The van der Waals surface area contributed by atoms with Crippen molar-refractivity contribution in [2.75, 3.05) is 13.1 Å². The maximum absolute atomic E-state index is 10.2. The molecule has 0 aromatic rings. The van der Waals surface area contributed by atoms with Crippen molar-refractivity contribution in [2.45, 2.75) is 25.7 Å². The smallest absolute Gasteiger partial charge is 0.211 e. The second kappa shape index (κ2) is 4.79. The summed E-state index contributed by atoms with van der Waals surface area (Å²) in [6, 6.07) is 0. The van der Waals surface area contributed by atoms with Gasteiger partial charge in [-0.05, 0) is 61.2 Å². The van der Waals surface area contributed by atoms with Gasteiger partial charge < -0.3 is 0 Å². The number of isocyanates is 2. The third-order valence-corrected chi connectivity index (χ3v) is 5.51. The summed E-state index contributed by atoms with van der Waals surface area (Å²) in [5.74, 6) is 4.41. The van der Waals surface area contributed by atoms with Crippen LogP contribution in [0.5, 0.6) is 0 Å². The SMILES string of the molecule is O=C=NCC1CC2C3CC(CN=C=O)C(C3)C2C1. The van der Waals surface area contributed by atoms with Gasteiger partial charge in [0.05, 0.1) is 13.1 Å².